The first-order chi connectivity index (χ1) is 11.7. The molecule has 2 aromatic carbocycles. The highest BCUT2D eigenvalue weighted by Crippen LogP contribution is 2.29. The molecule has 0 radical (unpaired) electrons. The summed E-state index contributed by atoms with van der Waals surface area (Å²) in [5, 5.41) is 0. The molecule has 2 aromatic rings. The normalized spacial score (nSPS) is 14.2. The Morgan fingerprint density at radius 3 is 1.96 bits per heavy atom. The van der Waals surface area contributed by atoms with Crippen LogP contribution in [0.2, 0.25) is 0 Å². The summed E-state index contributed by atoms with van der Waals surface area (Å²) in [5.41, 5.74) is 0.400. The van der Waals surface area contributed by atoms with Crippen LogP contribution < -0.4 is 4.72 Å². The Balaban J connectivity index is 2.09. The van der Waals surface area contributed by atoms with E-state index in [2.05, 4.69) is 4.72 Å². The molecule has 0 spiro atoms. The standard InChI is InChI=1S/C19H19NO4S/c1-4-19(2,3)20-25(23,24)12-9-10-15-16(11-12)18(22)14-8-6-5-7-13(14)17(15)21/h5-11,20H,4H2,1-3H3. The van der Waals surface area contributed by atoms with Gasteiger partial charge in [-0.25, -0.2) is 13.1 Å². The molecule has 1 N–H and O–H groups in total. The van der Waals surface area contributed by atoms with Crippen molar-refractivity contribution in [3.8, 4) is 0 Å². The van der Waals surface area contributed by atoms with Gasteiger partial charge in [-0.05, 0) is 38.5 Å². The minimum Gasteiger partial charge on any atom is -0.289 e. The fourth-order valence-electron chi connectivity index (χ4n) is 2.74. The van der Waals surface area contributed by atoms with Crippen LogP contribution in [0.1, 0.15) is 59.0 Å². The maximum Gasteiger partial charge on any atom is 0.241 e. The van der Waals surface area contributed by atoms with Crippen LogP contribution in [0.4, 0.5) is 0 Å². The molecule has 1 aliphatic carbocycles. The molecule has 0 unspecified atom stereocenters. The predicted octanol–water partition coefficient (Wildman–Crippen LogP) is 2.93. The van der Waals surface area contributed by atoms with Gasteiger partial charge in [-0.1, -0.05) is 31.2 Å². The van der Waals surface area contributed by atoms with Crippen molar-refractivity contribution in [3.63, 3.8) is 0 Å². The van der Waals surface area contributed by atoms with Gasteiger partial charge in [-0.15, -0.1) is 0 Å². The third-order valence-electron chi connectivity index (χ3n) is 4.50. The van der Waals surface area contributed by atoms with Gasteiger partial charge in [0.1, 0.15) is 0 Å². The zero-order valence-corrected chi connectivity index (χ0v) is 15.1. The van der Waals surface area contributed by atoms with Gasteiger partial charge in [0.2, 0.25) is 10.0 Å². The highest BCUT2D eigenvalue weighted by molar-refractivity contribution is 7.89. The first-order valence-electron chi connectivity index (χ1n) is 8.03. The fourth-order valence-corrected chi connectivity index (χ4v) is 4.25. The summed E-state index contributed by atoms with van der Waals surface area (Å²) in [4.78, 5) is 25.3. The van der Waals surface area contributed by atoms with E-state index in [1.54, 1.807) is 38.1 Å². The third-order valence-corrected chi connectivity index (χ3v) is 6.20. The van der Waals surface area contributed by atoms with Crippen LogP contribution in [0.25, 0.3) is 0 Å². The van der Waals surface area contributed by atoms with E-state index in [0.29, 0.717) is 17.5 Å². The second-order valence-corrected chi connectivity index (χ2v) is 8.44. The molecule has 0 bridgehead atoms. The van der Waals surface area contributed by atoms with Crippen LogP contribution in [0.15, 0.2) is 47.4 Å². The number of nitrogens with one attached hydrogen (secondary N) is 1. The number of hydrogen-bond acceptors (Lipinski definition) is 4. The van der Waals surface area contributed by atoms with E-state index in [0.717, 1.165) is 0 Å². The Morgan fingerprint density at radius 2 is 1.40 bits per heavy atom. The molecule has 0 aromatic heterocycles. The molecular formula is C19H19NO4S. The van der Waals surface area contributed by atoms with Crippen molar-refractivity contribution in [2.24, 2.45) is 0 Å². The fraction of sp³-hybridized carbons (Fsp3) is 0.263. The van der Waals surface area contributed by atoms with Crippen LogP contribution in [-0.4, -0.2) is 25.5 Å². The van der Waals surface area contributed by atoms with E-state index in [9.17, 15) is 18.0 Å². The summed E-state index contributed by atoms with van der Waals surface area (Å²) in [6, 6.07) is 10.6. The van der Waals surface area contributed by atoms with Gasteiger partial charge in [-0.2, -0.15) is 0 Å². The number of benzene rings is 2. The number of ketones is 2. The number of sulfonamides is 1. The van der Waals surface area contributed by atoms with Crippen molar-refractivity contribution in [1.82, 2.24) is 4.72 Å². The van der Waals surface area contributed by atoms with Crippen molar-refractivity contribution >= 4 is 21.6 Å². The molecule has 1 aliphatic rings. The first-order valence-corrected chi connectivity index (χ1v) is 9.51. The molecule has 3 rings (SSSR count). The van der Waals surface area contributed by atoms with Crippen LogP contribution in [0.3, 0.4) is 0 Å². The van der Waals surface area contributed by atoms with Gasteiger partial charge >= 0.3 is 0 Å². The van der Waals surface area contributed by atoms with Crippen LogP contribution >= 0.6 is 0 Å². The minimum atomic E-state index is -3.80. The predicted molar refractivity (Wildman–Crippen MR) is 94.4 cm³/mol. The van der Waals surface area contributed by atoms with Crippen molar-refractivity contribution in [3.05, 3.63) is 64.7 Å². The molecule has 25 heavy (non-hydrogen) atoms. The number of rotatable bonds is 4. The first kappa shape index (κ1) is 17.5. The summed E-state index contributed by atoms with van der Waals surface area (Å²) in [6.07, 6.45) is 0.613. The van der Waals surface area contributed by atoms with Gasteiger partial charge in [0, 0.05) is 27.8 Å². The molecule has 5 nitrogen and oxygen atoms in total. The summed E-state index contributed by atoms with van der Waals surface area (Å²) in [5.74, 6) is -0.604. The highest BCUT2D eigenvalue weighted by atomic mass is 32.2. The van der Waals surface area contributed by atoms with Crippen molar-refractivity contribution in [1.29, 1.82) is 0 Å². The van der Waals surface area contributed by atoms with Gasteiger partial charge in [0.05, 0.1) is 4.90 Å². The average molecular weight is 357 g/mol. The molecular weight excluding hydrogens is 338 g/mol. The quantitative estimate of drug-likeness (QED) is 0.778. The largest absolute Gasteiger partial charge is 0.289 e. The lowest BCUT2D eigenvalue weighted by Crippen LogP contribution is -2.42. The second-order valence-electron chi connectivity index (χ2n) is 6.75. The minimum absolute atomic E-state index is 0.0201. The summed E-state index contributed by atoms with van der Waals surface area (Å²) in [7, 11) is -3.80. The van der Waals surface area contributed by atoms with Crippen molar-refractivity contribution in [2.75, 3.05) is 0 Å². The molecule has 6 heteroatoms. The zero-order valence-electron chi connectivity index (χ0n) is 14.3. The van der Waals surface area contributed by atoms with Crippen molar-refractivity contribution in [2.45, 2.75) is 37.6 Å². The van der Waals surface area contributed by atoms with Gasteiger partial charge < -0.3 is 0 Å². The molecule has 0 saturated heterocycles. The summed E-state index contributed by atoms with van der Waals surface area (Å²) in [6.45, 7) is 5.45. The Hall–Kier alpha value is -2.31. The summed E-state index contributed by atoms with van der Waals surface area (Å²) < 4.78 is 27.9. The van der Waals surface area contributed by atoms with E-state index in [1.807, 2.05) is 6.92 Å². The zero-order chi connectivity index (χ0) is 18.4. The number of carbonyl (C=O) groups is 2. The molecule has 0 fully saturated rings. The maximum absolute atomic E-state index is 12.7. The van der Waals surface area contributed by atoms with E-state index in [-0.39, 0.29) is 27.6 Å². The number of fused-ring (bicyclic) bond motifs is 2. The van der Waals surface area contributed by atoms with Crippen molar-refractivity contribution < 1.29 is 18.0 Å². The van der Waals surface area contributed by atoms with Gasteiger partial charge in [0.25, 0.3) is 0 Å². The molecule has 0 aliphatic heterocycles. The van der Waals surface area contributed by atoms with Gasteiger partial charge in [-0.3, -0.25) is 9.59 Å². The third kappa shape index (κ3) is 3.03. The smallest absolute Gasteiger partial charge is 0.241 e. The van der Waals surface area contributed by atoms with Crippen LogP contribution in [0.5, 0.6) is 0 Å². The van der Waals surface area contributed by atoms with E-state index < -0.39 is 15.6 Å². The molecule has 0 heterocycles. The van der Waals surface area contributed by atoms with Crippen LogP contribution in [0, 0.1) is 0 Å². The SMILES string of the molecule is CCC(C)(C)NS(=O)(=O)c1ccc2c(c1)C(=O)c1ccccc1C2=O. The molecule has 0 amide bonds. The Kier molecular flexibility index (Phi) is 4.13. The van der Waals surface area contributed by atoms with E-state index in [4.69, 9.17) is 0 Å². The topological polar surface area (TPSA) is 80.3 Å². The molecule has 0 atom stereocenters. The highest BCUT2D eigenvalue weighted by Gasteiger charge is 2.31. The molecule has 130 valence electrons. The summed E-state index contributed by atoms with van der Waals surface area (Å²) >= 11 is 0. The monoisotopic (exact) mass is 357 g/mol. The van der Waals surface area contributed by atoms with Crippen LogP contribution in [-0.2, 0) is 10.0 Å². The lowest BCUT2D eigenvalue weighted by atomic mass is 9.84. The van der Waals surface area contributed by atoms with Gasteiger partial charge in [0.15, 0.2) is 11.6 Å². The van der Waals surface area contributed by atoms with E-state index >= 15 is 0 Å². The molecule has 0 saturated carbocycles. The second kappa shape index (κ2) is 5.89. The van der Waals surface area contributed by atoms with E-state index in [1.165, 1.54) is 18.2 Å². The Morgan fingerprint density at radius 1 is 0.880 bits per heavy atom. The maximum atomic E-state index is 12.7. The average Bonchev–Trinajstić information content (AvgIpc) is 2.58. The lowest BCUT2D eigenvalue weighted by Gasteiger charge is -2.24. The Bertz CT molecular complexity index is 990. The lowest BCUT2D eigenvalue weighted by molar-refractivity contribution is 0.0979. The number of hydrogen-bond donors (Lipinski definition) is 1. The Labute approximate surface area is 147 Å². The number of carbonyl (C=O) groups excluding carboxylic acids is 2.